The van der Waals surface area contributed by atoms with Gasteiger partial charge in [-0.3, -0.25) is 9.59 Å². The Morgan fingerprint density at radius 3 is 1.27 bits per heavy atom. The van der Waals surface area contributed by atoms with Crippen LogP contribution in [-0.2, 0) is 28.5 Å². The van der Waals surface area contributed by atoms with E-state index in [2.05, 4.69) is 46.7 Å². The number of likely N-dealkylation sites (N-methyl/N-ethyl adjacent to an activating group) is 1. The van der Waals surface area contributed by atoms with Gasteiger partial charge in [-0.15, -0.1) is 0 Å². The summed E-state index contributed by atoms with van der Waals surface area (Å²) in [7, 11) is 4.20. The number of rotatable bonds is 40. The highest BCUT2D eigenvalue weighted by atomic mass is 16.7. The predicted molar refractivity (Wildman–Crippen MR) is 231 cm³/mol. The maximum atomic E-state index is 12.5. The molecule has 1 unspecified atom stereocenters. The zero-order valence-electron chi connectivity index (χ0n) is 37.6. The number of ether oxygens (including phenoxy) is 4. The number of carbonyl (C=O) groups excluding carboxylic acids is 2. The molecular formula is C48H93NO6. The van der Waals surface area contributed by atoms with Crippen LogP contribution in [0.2, 0.25) is 0 Å². The van der Waals surface area contributed by atoms with E-state index in [-0.39, 0.29) is 18.0 Å². The maximum Gasteiger partial charge on any atom is 0.306 e. The number of hydrogen-bond acceptors (Lipinski definition) is 7. The third-order valence-electron chi connectivity index (χ3n) is 11.7. The van der Waals surface area contributed by atoms with Gasteiger partial charge in [-0.05, 0) is 77.3 Å². The first-order valence-electron chi connectivity index (χ1n) is 24.0. The molecule has 0 N–H and O–H groups in total. The number of esters is 2. The molecule has 0 spiro atoms. The van der Waals surface area contributed by atoms with E-state index in [9.17, 15) is 9.59 Å². The lowest BCUT2D eigenvalue weighted by Crippen LogP contribution is -2.33. The first kappa shape index (κ1) is 51.8. The van der Waals surface area contributed by atoms with Crippen molar-refractivity contribution < 1.29 is 28.5 Å². The summed E-state index contributed by atoms with van der Waals surface area (Å²) in [5, 5.41) is 0. The van der Waals surface area contributed by atoms with Crippen molar-refractivity contribution in [3.05, 3.63) is 0 Å². The number of unbranched alkanes of at least 4 members (excludes halogenated alkanes) is 18. The van der Waals surface area contributed by atoms with Crippen molar-refractivity contribution in [1.29, 1.82) is 0 Å². The van der Waals surface area contributed by atoms with Crippen molar-refractivity contribution >= 4 is 11.9 Å². The summed E-state index contributed by atoms with van der Waals surface area (Å²) in [6, 6.07) is 0. The van der Waals surface area contributed by atoms with Gasteiger partial charge in [0.1, 0.15) is 0 Å². The molecule has 1 heterocycles. The Balaban J connectivity index is 2.26. The second-order valence-electron chi connectivity index (χ2n) is 17.5. The fourth-order valence-electron chi connectivity index (χ4n) is 8.30. The van der Waals surface area contributed by atoms with Gasteiger partial charge >= 0.3 is 11.9 Å². The second kappa shape index (κ2) is 35.9. The van der Waals surface area contributed by atoms with Gasteiger partial charge in [-0.25, -0.2) is 0 Å². The lowest BCUT2D eigenvalue weighted by atomic mass is 9.92. The highest BCUT2D eigenvalue weighted by Crippen LogP contribution is 2.35. The van der Waals surface area contributed by atoms with Crippen LogP contribution in [0.3, 0.4) is 0 Å². The van der Waals surface area contributed by atoms with Gasteiger partial charge in [0.15, 0.2) is 5.79 Å². The van der Waals surface area contributed by atoms with Crippen molar-refractivity contribution in [2.45, 2.75) is 245 Å². The van der Waals surface area contributed by atoms with Crippen molar-refractivity contribution in [3.8, 4) is 0 Å². The summed E-state index contributed by atoms with van der Waals surface area (Å²) >= 11 is 0. The lowest BCUT2D eigenvalue weighted by molar-refractivity contribution is -0.180. The van der Waals surface area contributed by atoms with Crippen molar-refractivity contribution in [3.63, 3.8) is 0 Å². The summed E-state index contributed by atoms with van der Waals surface area (Å²) in [5.74, 6) is 0.591. The minimum absolute atomic E-state index is 0.0137. The van der Waals surface area contributed by atoms with Crippen LogP contribution in [0.1, 0.15) is 233 Å². The normalized spacial score (nSPS) is 15.5. The molecule has 0 aliphatic carbocycles. The number of carbonyl (C=O) groups is 2. The third-order valence-corrected chi connectivity index (χ3v) is 11.7. The average molecular weight is 780 g/mol. The molecule has 7 nitrogen and oxygen atoms in total. The topological polar surface area (TPSA) is 74.3 Å². The van der Waals surface area contributed by atoms with Gasteiger partial charge in [-0.2, -0.15) is 0 Å². The second-order valence-corrected chi connectivity index (χ2v) is 17.5. The van der Waals surface area contributed by atoms with E-state index < -0.39 is 5.79 Å². The Kier molecular flexibility index (Phi) is 33.9. The first-order chi connectivity index (χ1) is 26.8. The molecule has 1 saturated heterocycles. The number of hydrogen-bond donors (Lipinski definition) is 0. The van der Waals surface area contributed by atoms with E-state index in [1.807, 2.05) is 0 Å². The van der Waals surface area contributed by atoms with Crippen molar-refractivity contribution in [2.24, 2.45) is 11.8 Å². The fraction of sp³-hybridized carbons (Fsp3) is 0.958. The molecule has 0 amide bonds. The van der Waals surface area contributed by atoms with Crippen molar-refractivity contribution in [1.82, 2.24) is 4.90 Å². The van der Waals surface area contributed by atoms with Crippen LogP contribution in [0, 0.1) is 11.8 Å². The molecule has 7 heteroatoms. The van der Waals surface area contributed by atoms with Gasteiger partial charge in [-0.1, -0.05) is 156 Å². The molecule has 0 aromatic rings. The Morgan fingerprint density at radius 1 is 0.545 bits per heavy atom. The van der Waals surface area contributed by atoms with E-state index in [1.54, 1.807) is 0 Å². The van der Waals surface area contributed by atoms with Gasteiger partial charge in [0, 0.05) is 32.2 Å². The van der Waals surface area contributed by atoms with Gasteiger partial charge in [0.2, 0.25) is 0 Å². The summed E-state index contributed by atoms with van der Waals surface area (Å²) < 4.78 is 24.4. The van der Waals surface area contributed by atoms with E-state index in [0.717, 1.165) is 57.9 Å². The molecule has 0 radical (unpaired) electrons. The standard InChI is InChI=1S/C48H93NO6/c1-7-11-23-31-43(32-24-12-8-2)39-46(50)52-37-29-21-17-15-19-27-35-48(54-42-45(55-48)41-49(5)6)36-28-20-16-18-22-30-38-53-47(51)40-44(33-25-13-9-3)34-26-14-10-4/h43-45H,7-42H2,1-6H3. The van der Waals surface area contributed by atoms with Crippen LogP contribution in [0.15, 0.2) is 0 Å². The molecule has 1 fully saturated rings. The largest absolute Gasteiger partial charge is 0.466 e. The summed E-state index contributed by atoms with van der Waals surface area (Å²) in [6.45, 7) is 11.7. The minimum Gasteiger partial charge on any atom is -0.466 e. The molecule has 0 aromatic heterocycles. The molecule has 0 saturated carbocycles. The quantitative estimate of drug-likeness (QED) is 0.0453. The van der Waals surface area contributed by atoms with E-state index in [0.29, 0.717) is 44.5 Å². The summed E-state index contributed by atoms with van der Waals surface area (Å²) in [5.41, 5.74) is 0. The molecule has 1 aliphatic rings. The van der Waals surface area contributed by atoms with Crippen LogP contribution in [0.25, 0.3) is 0 Å². The summed E-state index contributed by atoms with van der Waals surface area (Å²) in [6.07, 6.45) is 36.4. The third kappa shape index (κ3) is 29.7. The molecule has 1 aliphatic heterocycles. The van der Waals surface area contributed by atoms with Crippen LogP contribution in [-0.4, -0.2) is 69.2 Å². The van der Waals surface area contributed by atoms with E-state index in [4.69, 9.17) is 18.9 Å². The first-order valence-corrected chi connectivity index (χ1v) is 24.0. The van der Waals surface area contributed by atoms with Crippen molar-refractivity contribution in [2.75, 3.05) is 40.5 Å². The van der Waals surface area contributed by atoms with Crippen LogP contribution >= 0.6 is 0 Å². The smallest absolute Gasteiger partial charge is 0.306 e. The molecule has 0 aromatic carbocycles. The Hall–Kier alpha value is -1.18. The van der Waals surface area contributed by atoms with Crippen LogP contribution in [0.5, 0.6) is 0 Å². The molecule has 1 rings (SSSR count). The van der Waals surface area contributed by atoms with Gasteiger partial charge < -0.3 is 23.8 Å². The predicted octanol–water partition coefficient (Wildman–Crippen LogP) is 13.5. The monoisotopic (exact) mass is 780 g/mol. The van der Waals surface area contributed by atoms with Crippen LogP contribution < -0.4 is 0 Å². The lowest BCUT2D eigenvalue weighted by Gasteiger charge is -2.29. The van der Waals surface area contributed by atoms with Crippen LogP contribution in [0.4, 0.5) is 0 Å². The summed E-state index contributed by atoms with van der Waals surface area (Å²) in [4.78, 5) is 27.3. The zero-order chi connectivity index (χ0) is 40.2. The molecular weight excluding hydrogens is 687 g/mol. The zero-order valence-corrected chi connectivity index (χ0v) is 37.6. The van der Waals surface area contributed by atoms with E-state index in [1.165, 1.54) is 141 Å². The number of nitrogens with zero attached hydrogens (tertiary/aromatic N) is 1. The Morgan fingerprint density at radius 2 is 0.909 bits per heavy atom. The molecule has 1 atom stereocenters. The van der Waals surface area contributed by atoms with Gasteiger partial charge in [0.25, 0.3) is 0 Å². The Labute approximate surface area is 341 Å². The highest BCUT2D eigenvalue weighted by Gasteiger charge is 2.40. The molecule has 326 valence electrons. The average Bonchev–Trinajstić information content (AvgIpc) is 3.55. The fourth-order valence-corrected chi connectivity index (χ4v) is 8.30. The molecule has 55 heavy (non-hydrogen) atoms. The Bertz CT molecular complexity index is 804. The van der Waals surface area contributed by atoms with E-state index >= 15 is 0 Å². The highest BCUT2D eigenvalue weighted by molar-refractivity contribution is 5.70. The SMILES string of the molecule is CCCCCC(CCCCC)CC(=O)OCCCCCCCCC1(CCCCCCCCOC(=O)CC(CCCCC)CCCCC)OCC(CN(C)C)O1. The molecule has 0 bridgehead atoms. The van der Waals surface area contributed by atoms with Gasteiger partial charge in [0.05, 0.1) is 25.9 Å². The maximum absolute atomic E-state index is 12.5. The minimum atomic E-state index is -0.432.